The predicted molar refractivity (Wildman–Crippen MR) is 80.6 cm³/mol. The second kappa shape index (κ2) is 5.76. The molecule has 0 saturated heterocycles. The van der Waals surface area contributed by atoms with Crippen LogP contribution in [0.3, 0.4) is 0 Å². The van der Waals surface area contributed by atoms with Crippen LogP contribution in [0.25, 0.3) is 0 Å². The molecular formula is C13H15Cl2NO4S. The molecule has 1 aliphatic rings. The van der Waals surface area contributed by atoms with Crippen LogP contribution in [0.2, 0.25) is 10.0 Å². The Morgan fingerprint density at radius 1 is 1.33 bits per heavy atom. The molecule has 0 aliphatic heterocycles. The first-order valence-electron chi connectivity index (χ1n) is 6.47. The minimum absolute atomic E-state index is 0.0944. The number of carboxylic acid groups (broad SMARTS) is 1. The maximum absolute atomic E-state index is 12.5. The van der Waals surface area contributed by atoms with Gasteiger partial charge >= 0.3 is 5.97 Å². The minimum Gasteiger partial charge on any atom is -0.478 e. The number of carbonyl (C=O) groups is 1. The second-order valence-electron chi connectivity index (χ2n) is 5.16. The van der Waals surface area contributed by atoms with Gasteiger partial charge in [-0.25, -0.2) is 17.9 Å². The molecule has 0 amide bonds. The van der Waals surface area contributed by atoms with Crippen LogP contribution in [-0.2, 0) is 10.0 Å². The summed E-state index contributed by atoms with van der Waals surface area (Å²) in [5, 5.41) is 8.85. The lowest BCUT2D eigenvalue weighted by molar-refractivity contribution is 0.0697. The molecule has 1 aromatic carbocycles. The summed E-state index contributed by atoms with van der Waals surface area (Å²) in [6.07, 6.45) is 3.16. The van der Waals surface area contributed by atoms with Gasteiger partial charge in [0, 0.05) is 5.54 Å². The van der Waals surface area contributed by atoms with Gasteiger partial charge in [-0.2, -0.15) is 0 Å². The summed E-state index contributed by atoms with van der Waals surface area (Å²) in [4.78, 5) is 10.8. The van der Waals surface area contributed by atoms with Crippen molar-refractivity contribution >= 4 is 39.2 Å². The molecule has 1 fully saturated rings. The fraction of sp³-hybridized carbons (Fsp3) is 0.462. The van der Waals surface area contributed by atoms with Crippen molar-refractivity contribution in [3.8, 4) is 0 Å². The standard InChI is InChI=1S/C13H15Cl2NO4S/c1-2-13(4-3-5-13)16-21(19,20)11-6-8(12(17)18)9(14)7-10(11)15/h6-7,16H,2-5H2,1H3,(H,17,18). The van der Waals surface area contributed by atoms with Crippen LogP contribution in [-0.4, -0.2) is 25.0 Å². The highest BCUT2D eigenvalue weighted by molar-refractivity contribution is 7.89. The molecule has 5 nitrogen and oxygen atoms in total. The molecule has 2 N–H and O–H groups in total. The van der Waals surface area contributed by atoms with Crippen molar-refractivity contribution in [3.05, 3.63) is 27.7 Å². The maximum Gasteiger partial charge on any atom is 0.337 e. The summed E-state index contributed by atoms with van der Waals surface area (Å²) in [6.45, 7) is 1.91. The monoisotopic (exact) mass is 351 g/mol. The normalized spacial score (nSPS) is 17.3. The molecule has 0 unspecified atom stereocenters. The molecule has 0 aromatic heterocycles. The van der Waals surface area contributed by atoms with Crippen LogP contribution in [0.5, 0.6) is 0 Å². The van der Waals surface area contributed by atoms with Crippen molar-refractivity contribution < 1.29 is 18.3 Å². The molecule has 0 heterocycles. The van der Waals surface area contributed by atoms with E-state index in [1.54, 1.807) is 0 Å². The molecule has 1 aliphatic carbocycles. The molecule has 1 aromatic rings. The summed E-state index contributed by atoms with van der Waals surface area (Å²) in [5.74, 6) is -1.30. The summed E-state index contributed by atoms with van der Waals surface area (Å²) in [7, 11) is -3.90. The highest BCUT2D eigenvalue weighted by Crippen LogP contribution is 2.37. The van der Waals surface area contributed by atoms with Gasteiger partial charge < -0.3 is 5.11 Å². The lowest BCUT2D eigenvalue weighted by Gasteiger charge is -2.41. The minimum atomic E-state index is -3.90. The Kier molecular flexibility index (Phi) is 4.54. The Hall–Kier alpha value is -0.820. The number of benzene rings is 1. The number of hydrogen-bond donors (Lipinski definition) is 2. The van der Waals surface area contributed by atoms with E-state index in [1.807, 2.05) is 6.92 Å². The summed E-state index contributed by atoms with van der Waals surface area (Å²) in [5.41, 5.74) is -0.744. The number of rotatable bonds is 5. The highest BCUT2D eigenvalue weighted by Gasteiger charge is 2.39. The Balaban J connectivity index is 2.45. The summed E-state index contributed by atoms with van der Waals surface area (Å²) >= 11 is 11.7. The van der Waals surface area contributed by atoms with Gasteiger partial charge in [0.25, 0.3) is 0 Å². The number of halogens is 2. The van der Waals surface area contributed by atoms with Crippen LogP contribution in [0.4, 0.5) is 0 Å². The lowest BCUT2D eigenvalue weighted by atomic mass is 9.76. The third-order valence-electron chi connectivity index (χ3n) is 3.88. The first-order chi connectivity index (χ1) is 9.71. The average Bonchev–Trinajstić information content (AvgIpc) is 2.33. The largest absolute Gasteiger partial charge is 0.478 e. The first-order valence-corrected chi connectivity index (χ1v) is 8.71. The Morgan fingerprint density at radius 3 is 2.38 bits per heavy atom. The van der Waals surface area contributed by atoms with Crippen LogP contribution < -0.4 is 4.72 Å². The molecule has 2 rings (SSSR count). The number of nitrogens with one attached hydrogen (secondary N) is 1. The van der Waals surface area contributed by atoms with Gasteiger partial charge in [-0.05, 0) is 37.8 Å². The zero-order valence-electron chi connectivity index (χ0n) is 11.3. The fourth-order valence-electron chi connectivity index (χ4n) is 2.37. The van der Waals surface area contributed by atoms with Crippen molar-refractivity contribution in [1.82, 2.24) is 4.72 Å². The Labute approximate surface area is 133 Å². The van der Waals surface area contributed by atoms with Crippen molar-refractivity contribution in [2.45, 2.75) is 43.0 Å². The number of sulfonamides is 1. The number of carboxylic acids is 1. The average molecular weight is 352 g/mol. The van der Waals surface area contributed by atoms with E-state index in [4.69, 9.17) is 28.3 Å². The molecule has 0 atom stereocenters. The van der Waals surface area contributed by atoms with Gasteiger partial charge in [-0.1, -0.05) is 30.1 Å². The molecule has 21 heavy (non-hydrogen) atoms. The molecule has 0 bridgehead atoms. The molecule has 1 saturated carbocycles. The van der Waals surface area contributed by atoms with Gasteiger partial charge in [-0.3, -0.25) is 0 Å². The van der Waals surface area contributed by atoms with Crippen LogP contribution in [0, 0.1) is 0 Å². The number of aromatic carboxylic acids is 1. The molecule has 0 radical (unpaired) electrons. The zero-order chi connectivity index (χ0) is 15.8. The topological polar surface area (TPSA) is 83.5 Å². The van der Waals surface area contributed by atoms with E-state index in [9.17, 15) is 13.2 Å². The Bertz CT molecular complexity index is 678. The van der Waals surface area contributed by atoms with Crippen molar-refractivity contribution in [2.75, 3.05) is 0 Å². The maximum atomic E-state index is 12.5. The molecule has 116 valence electrons. The third kappa shape index (κ3) is 3.18. The number of hydrogen-bond acceptors (Lipinski definition) is 3. The van der Waals surface area contributed by atoms with Crippen molar-refractivity contribution in [1.29, 1.82) is 0 Å². The van der Waals surface area contributed by atoms with Gasteiger partial charge in [-0.15, -0.1) is 0 Å². The van der Waals surface area contributed by atoms with Crippen LogP contribution >= 0.6 is 23.2 Å². The summed E-state index contributed by atoms with van der Waals surface area (Å²) < 4.78 is 27.6. The predicted octanol–water partition coefficient (Wildman–Crippen LogP) is 3.30. The fourth-order valence-corrected chi connectivity index (χ4v) is 4.76. The second-order valence-corrected chi connectivity index (χ2v) is 7.63. The SMILES string of the molecule is CCC1(NS(=O)(=O)c2cc(C(=O)O)c(Cl)cc2Cl)CCC1. The van der Waals surface area contributed by atoms with Gasteiger partial charge in [0.2, 0.25) is 10.0 Å². The lowest BCUT2D eigenvalue weighted by Crippen LogP contribution is -2.52. The zero-order valence-corrected chi connectivity index (χ0v) is 13.6. The van der Waals surface area contributed by atoms with E-state index in [0.717, 1.165) is 31.4 Å². The summed E-state index contributed by atoms with van der Waals surface area (Å²) in [6, 6.07) is 2.14. The molecular weight excluding hydrogens is 337 g/mol. The Morgan fingerprint density at radius 2 is 1.95 bits per heavy atom. The van der Waals surface area contributed by atoms with Gasteiger partial charge in [0.15, 0.2) is 0 Å². The molecule has 8 heteroatoms. The quantitative estimate of drug-likeness (QED) is 0.852. The smallest absolute Gasteiger partial charge is 0.337 e. The molecule has 0 spiro atoms. The van der Waals surface area contributed by atoms with Gasteiger partial charge in [0.1, 0.15) is 4.90 Å². The van der Waals surface area contributed by atoms with Crippen molar-refractivity contribution in [2.24, 2.45) is 0 Å². The van der Waals surface area contributed by atoms with E-state index >= 15 is 0 Å². The van der Waals surface area contributed by atoms with E-state index in [-0.39, 0.29) is 20.5 Å². The van der Waals surface area contributed by atoms with E-state index < -0.39 is 21.5 Å². The third-order valence-corrected chi connectivity index (χ3v) is 6.24. The van der Waals surface area contributed by atoms with E-state index in [2.05, 4.69) is 4.72 Å². The van der Waals surface area contributed by atoms with Crippen LogP contribution in [0.15, 0.2) is 17.0 Å². The van der Waals surface area contributed by atoms with Crippen molar-refractivity contribution in [3.63, 3.8) is 0 Å². The van der Waals surface area contributed by atoms with E-state index in [1.165, 1.54) is 0 Å². The highest BCUT2D eigenvalue weighted by atomic mass is 35.5. The van der Waals surface area contributed by atoms with Gasteiger partial charge in [0.05, 0.1) is 15.6 Å². The first kappa shape index (κ1) is 16.5. The van der Waals surface area contributed by atoms with E-state index in [0.29, 0.717) is 6.42 Å². The van der Waals surface area contributed by atoms with Crippen LogP contribution in [0.1, 0.15) is 43.0 Å².